The van der Waals surface area contributed by atoms with E-state index >= 15 is 0 Å². The summed E-state index contributed by atoms with van der Waals surface area (Å²) in [5.41, 5.74) is 0.893. The van der Waals surface area contributed by atoms with Gasteiger partial charge in [-0.05, 0) is 37.6 Å². The average Bonchev–Trinajstić information content (AvgIpc) is 2.98. The Morgan fingerprint density at radius 1 is 1.22 bits per heavy atom. The number of aryl methyl sites for hydroxylation is 1. The molecule has 122 valence electrons. The van der Waals surface area contributed by atoms with Crippen LogP contribution in [0.15, 0.2) is 36.4 Å². The fourth-order valence-electron chi connectivity index (χ4n) is 2.12. The van der Waals surface area contributed by atoms with Crippen molar-refractivity contribution >= 4 is 34.8 Å². The molecular formula is C17H19ClN2O2S. The lowest BCUT2D eigenvalue weighted by Crippen LogP contribution is -2.39. The highest BCUT2D eigenvalue weighted by Crippen LogP contribution is 2.17. The van der Waals surface area contributed by atoms with Gasteiger partial charge in [0.15, 0.2) is 0 Å². The number of nitrogens with zero attached hydrogens (tertiary/aromatic N) is 1. The third kappa shape index (κ3) is 4.81. The lowest BCUT2D eigenvalue weighted by atomic mass is 10.2. The van der Waals surface area contributed by atoms with Crippen LogP contribution in [0.2, 0.25) is 5.02 Å². The molecule has 0 radical (unpaired) electrons. The topological polar surface area (TPSA) is 49.4 Å². The molecule has 2 aromatic rings. The number of halogens is 1. The van der Waals surface area contributed by atoms with Crippen molar-refractivity contribution in [3.63, 3.8) is 0 Å². The summed E-state index contributed by atoms with van der Waals surface area (Å²) in [7, 11) is 0. The van der Waals surface area contributed by atoms with Crippen molar-refractivity contribution in [1.29, 1.82) is 0 Å². The van der Waals surface area contributed by atoms with Crippen LogP contribution in [0.25, 0.3) is 0 Å². The van der Waals surface area contributed by atoms with E-state index in [9.17, 15) is 9.59 Å². The first-order valence-corrected chi connectivity index (χ1v) is 8.56. The predicted molar refractivity (Wildman–Crippen MR) is 93.9 cm³/mol. The van der Waals surface area contributed by atoms with Crippen LogP contribution in [0.4, 0.5) is 0 Å². The fraction of sp³-hybridized carbons (Fsp3) is 0.294. The SMILES string of the molecule is CCN(Cc1ccccc1Cl)C(=O)CNC(=O)c1ccc(C)s1. The van der Waals surface area contributed by atoms with Crippen molar-refractivity contribution < 1.29 is 9.59 Å². The van der Waals surface area contributed by atoms with E-state index in [0.29, 0.717) is 23.0 Å². The Morgan fingerprint density at radius 2 is 1.96 bits per heavy atom. The van der Waals surface area contributed by atoms with E-state index in [-0.39, 0.29) is 18.4 Å². The number of hydrogen-bond donors (Lipinski definition) is 1. The van der Waals surface area contributed by atoms with Crippen molar-refractivity contribution in [3.8, 4) is 0 Å². The second-order valence-corrected chi connectivity index (χ2v) is 6.79. The van der Waals surface area contributed by atoms with E-state index in [0.717, 1.165) is 10.4 Å². The van der Waals surface area contributed by atoms with Crippen LogP contribution in [0.5, 0.6) is 0 Å². The van der Waals surface area contributed by atoms with Crippen molar-refractivity contribution in [2.45, 2.75) is 20.4 Å². The first-order chi connectivity index (χ1) is 11.0. The van der Waals surface area contributed by atoms with Gasteiger partial charge in [-0.2, -0.15) is 0 Å². The molecule has 6 heteroatoms. The molecule has 23 heavy (non-hydrogen) atoms. The molecule has 0 atom stereocenters. The molecule has 1 N–H and O–H groups in total. The maximum Gasteiger partial charge on any atom is 0.261 e. The summed E-state index contributed by atoms with van der Waals surface area (Å²) in [6.45, 7) is 4.81. The molecule has 1 aromatic carbocycles. The second kappa shape index (κ2) is 8.13. The molecule has 1 aromatic heterocycles. The zero-order chi connectivity index (χ0) is 16.8. The average molecular weight is 351 g/mol. The standard InChI is InChI=1S/C17H19ClN2O2S/c1-3-20(11-13-6-4-5-7-14(13)18)16(21)10-19-17(22)15-9-8-12(2)23-15/h4-9H,3,10-11H2,1-2H3,(H,19,22). The van der Waals surface area contributed by atoms with Gasteiger partial charge in [0.25, 0.3) is 5.91 Å². The Morgan fingerprint density at radius 3 is 2.57 bits per heavy atom. The molecule has 0 saturated heterocycles. The van der Waals surface area contributed by atoms with Crippen LogP contribution in [0.1, 0.15) is 27.0 Å². The normalized spacial score (nSPS) is 10.4. The lowest BCUT2D eigenvalue weighted by Gasteiger charge is -2.21. The number of amides is 2. The molecule has 4 nitrogen and oxygen atoms in total. The maximum atomic E-state index is 12.3. The first-order valence-electron chi connectivity index (χ1n) is 7.37. The summed E-state index contributed by atoms with van der Waals surface area (Å²) >= 11 is 7.55. The third-order valence-corrected chi connectivity index (χ3v) is 4.79. The number of rotatable bonds is 6. The summed E-state index contributed by atoms with van der Waals surface area (Å²) in [5.74, 6) is -0.348. The Labute approximate surface area is 145 Å². The third-order valence-electron chi connectivity index (χ3n) is 3.42. The van der Waals surface area contributed by atoms with Gasteiger partial charge in [-0.15, -0.1) is 11.3 Å². The molecular weight excluding hydrogens is 332 g/mol. The number of carbonyl (C=O) groups excluding carboxylic acids is 2. The van der Waals surface area contributed by atoms with Crippen LogP contribution < -0.4 is 5.32 Å². The van der Waals surface area contributed by atoms with Gasteiger partial charge in [0.1, 0.15) is 0 Å². The van der Waals surface area contributed by atoms with Gasteiger partial charge in [0, 0.05) is 23.0 Å². The summed E-state index contributed by atoms with van der Waals surface area (Å²) in [5, 5.41) is 3.31. The van der Waals surface area contributed by atoms with Crippen LogP contribution >= 0.6 is 22.9 Å². The molecule has 1 heterocycles. The molecule has 0 unspecified atom stereocenters. The molecule has 2 rings (SSSR count). The Bertz CT molecular complexity index is 699. The number of benzene rings is 1. The molecule has 2 amide bonds. The summed E-state index contributed by atoms with van der Waals surface area (Å²) in [6, 6.07) is 11.1. The van der Waals surface area contributed by atoms with Crippen molar-refractivity contribution in [2.75, 3.05) is 13.1 Å². The van der Waals surface area contributed by atoms with E-state index in [1.54, 1.807) is 17.0 Å². The largest absolute Gasteiger partial charge is 0.342 e. The van der Waals surface area contributed by atoms with E-state index in [1.807, 2.05) is 38.1 Å². The van der Waals surface area contributed by atoms with Crippen molar-refractivity contribution in [2.24, 2.45) is 0 Å². The zero-order valence-corrected chi connectivity index (χ0v) is 14.7. The Kier molecular flexibility index (Phi) is 6.19. The van der Waals surface area contributed by atoms with Gasteiger partial charge in [0.2, 0.25) is 5.91 Å². The van der Waals surface area contributed by atoms with Gasteiger partial charge in [0.05, 0.1) is 11.4 Å². The van der Waals surface area contributed by atoms with Gasteiger partial charge in [-0.3, -0.25) is 9.59 Å². The van der Waals surface area contributed by atoms with E-state index < -0.39 is 0 Å². The smallest absolute Gasteiger partial charge is 0.261 e. The monoisotopic (exact) mass is 350 g/mol. The highest BCUT2D eigenvalue weighted by Gasteiger charge is 2.15. The van der Waals surface area contributed by atoms with Crippen molar-refractivity contribution in [3.05, 3.63) is 56.7 Å². The molecule has 0 aliphatic heterocycles. The van der Waals surface area contributed by atoms with Crippen molar-refractivity contribution in [1.82, 2.24) is 10.2 Å². The van der Waals surface area contributed by atoms with E-state index in [2.05, 4.69) is 5.32 Å². The van der Waals surface area contributed by atoms with Gasteiger partial charge in [-0.1, -0.05) is 29.8 Å². The Hall–Kier alpha value is -1.85. The minimum atomic E-state index is -0.217. The molecule has 0 aliphatic carbocycles. The van der Waals surface area contributed by atoms with E-state index in [4.69, 9.17) is 11.6 Å². The summed E-state index contributed by atoms with van der Waals surface area (Å²) < 4.78 is 0. The predicted octanol–water partition coefficient (Wildman–Crippen LogP) is 3.49. The number of carbonyl (C=O) groups is 2. The summed E-state index contributed by atoms with van der Waals surface area (Å²) in [4.78, 5) is 27.6. The molecule has 0 saturated carbocycles. The molecule has 0 spiro atoms. The summed E-state index contributed by atoms with van der Waals surface area (Å²) in [6.07, 6.45) is 0. The van der Waals surface area contributed by atoms with E-state index in [1.165, 1.54) is 11.3 Å². The highest BCUT2D eigenvalue weighted by atomic mass is 35.5. The molecule has 0 aliphatic rings. The van der Waals surface area contributed by atoms with Crippen LogP contribution in [0.3, 0.4) is 0 Å². The maximum absolute atomic E-state index is 12.3. The highest BCUT2D eigenvalue weighted by molar-refractivity contribution is 7.13. The number of nitrogens with one attached hydrogen (secondary N) is 1. The quantitative estimate of drug-likeness (QED) is 0.867. The molecule has 0 fully saturated rings. The van der Waals surface area contributed by atoms with Gasteiger partial charge in [-0.25, -0.2) is 0 Å². The minimum Gasteiger partial charge on any atom is -0.342 e. The lowest BCUT2D eigenvalue weighted by molar-refractivity contribution is -0.130. The minimum absolute atomic E-state index is 0.0198. The van der Waals surface area contributed by atoms with Crippen LogP contribution in [0, 0.1) is 6.92 Å². The second-order valence-electron chi connectivity index (χ2n) is 5.09. The van der Waals surface area contributed by atoms with Gasteiger partial charge >= 0.3 is 0 Å². The number of thiophene rings is 1. The number of hydrogen-bond acceptors (Lipinski definition) is 3. The fourth-order valence-corrected chi connectivity index (χ4v) is 3.10. The Balaban J connectivity index is 1.92. The zero-order valence-electron chi connectivity index (χ0n) is 13.1. The number of likely N-dealkylation sites (N-methyl/N-ethyl adjacent to an activating group) is 1. The van der Waals surface area contributed by atoms with Gasteiger partial charge < -0.3 is 10.2 Å². The molecule has 0 bridgehead atoms. The van der Waals surface area contributed by atoms with Crippen LogP contribution in [-0.4, -0.2) is 29.8 Å². The first kappa shape index (κ1) is 17.5. The van der Waals surface area contributed by atoms with Crippen LogP contribution in [-0.2, 0) is 11.3 Å².